The quantitative estimate of drug-likeness (QED) is 0.633. The van der Waals surface area contributed by atoms with E-state index in [4.69, 9.17) is 0 Å². The van der Waals surface area contributed by atoms with Gasteiger partial charge < -0.3 is 4.57 Å². The second-order valence-electron chi connectivity index (χ2n) is 4.38. The molecule has 0 aliphatic rings. The van der Waals surface area contributed by atoms with Gasteiger partial charge in [-0.1, -0.05) is 42.5 Å². The molecule has 0 radical (unpaired) electrons. The van der Waals surface area contributed by atoms with Gasteiger partial charge >= 0.3 is 11.2 Å². The Bertz CT molecular complexity index is 703. The monoisotopic (exact) mass is 270 g/mol. The molecule has 0 saturated carbocycles. The van der Waals surface area contributed by atoms with Crippen LogP contribution in [0.25, 0.3) is 6.08 Å². The summed E-state index contributed by atoms with van der Waals surface area (Å²) in [6, 6.07) is 11.2. The number of nitrogens with zero attached hydrogens (tertiary/aromatic N) is 2. The molecule has 0 aliphatic heterocycles. The van der Waals surface area contributed by atoms with E-state index in [-0.39, 0.29) is 5.69 Å². The third-order valence-corrected chi connectivity index (χ3v) is 2.94. The average Bonchev–Trinajstić information content (AvgIpc) is 2.42. The Hall–Kier alpha value is -2.69. The number of nitro groups is 1. The molecule has 0 N–H and O–H groups in total. The fourth-order valence-corrected chi connectivity index (χ4v) is 1.89. The van der Waals surface area contributed by atoms with Crippen molar-refractivity contribution in [2.24, 2.45) is 0 Å². The third-order valence-electron chi connectivity index (χ3n) is 2.94. The van der Waals surface area contributed by atoms with E-state index in [1.807, 2.05) is 36.4 Å². The van der Waals surface area contributed by atoms with Crippen molar-refractivity contribution in [1.82, 2.24) is 4.57 Å². The minimum atomic E-state index is -0.630. The van der Waals surface area contributed by atoms with E-state index < -0.39 is 10.5 Å². The molecule has 0 spiro atoms. The van der Waals surface area contributed by atoms with E-state index in [0.717, 1.165) is 5.56 Å². The molecule has 0 amide bonds. The van der Waals surface area contributed by atoms with E-state index in [1.54, 1.807) is 25.3 Å². The Balaban J connectivity index is 2.23. The van der Waals surface area contributed by atoms with Crippen molar-refractivity contribution in [2.45, 2.75) is 13.5 Å². The molecule has 20 heavy (non-hydrogen) atoms. The molecular weight excluding hydrogens is 256 g/mol. The maximum atomic E-state index is 12.0. The molecule has 1 heterocycles. The fraction of sp³-hybridized carbons (Fsp3) is 0.133. The van der Waals surface area contributed by atoms with Crippen LogP contribution in [0.4, 0.5) is 5.69 Å². The number of benzene rings is 1. The van der Waals surface area contributed by atoms with Gasteiger partial charge in [-0.05, 0) is 18.6 Å². The van der Waals surface area contributed by atoms with E-state index in [0.29, 0.717) is 12.1 Å². The van der Waals surface area contributed by atoms with Gasteiger partial charge in [0.05, 0.1) is 4.92 Å². The summed E-state index contributed by atoms with van der Waals surface area (Å²) in [6.45, 7) is 1.86. The number of aromatic nitrogens is 1. The molecular formula is C15H14N2O3. The van der Waals surface area contributed by atoms with Gasteiger partial charge in [-0.3, -0.25) is 14.9 Å². The van der Waals surface area contributed by atoms with Crippen LogP contribution in [-0.2, 0) is 6.54 Å². The third kappa shape index (κ3) is 3.00. The summed E-state index contributed by atoms with van der Waals surface area (Å²) >= 11 is 0. The first-order valence-corrected chi connectivity index (χ1v) is 6.15. The van der Waals surface area contributed by atoms with E-state index in [2.05, 4.69) is 0 Å². The van der Waals surface area contributed by atoms with Gasteiger partial charge in [-0.15, -0.1) is 0 Å². The zero-order chi connectivity index (χ0) is 14.5. The summed E-state index contributed by atoms with van der Waals surface area (Å²) in [6.07, 6.45) is 5.24. The molecule has 2 rings (SSSR count). The van der Waals surface area contributed by atoms with Gasteiger partial charge in [0.25, 0.3) is 0 Å². The van der Waals surface area contributed by atoms with Crippen molar-refractivity contribution in [3.05, 3.63) is 80.3 Å². The number of pyridine rings is 1. The average molecular weight is 270 g/mol. The summed E-state index contributed by atoms with van der Waals surface area (Å²) in [5, 5.41) is 10.9. The van der Waals surface area contributed by atoms with Crippen LogP contribution >= 0.6 is 0 Å². The van der Waals surface area contributed by atoms with Crippen molar-refractivity contribution in [1.29, 1.82) is 0 Å². The first-order valence-electron chi connectivity index (χ1n) is 6.15. The Kier molecular flexibility index (Phi) is 4.10. The van der Waals surface area contributed by atoms with Crippen LogP contribution < -0.4 is 5.56 Å². The van der Waals surface area contributed by atoms with Crippen LogP contribution in [0.3, 0.4) is 0 Å². The lowest BCUT2D eigenvalue weighted by molar-refractivity contribution is -0.387. The number of hydrogen-bond acceptors (Lipinski definition) is 3. The van der Waals surface area contributed by atoms with Crippen LogP contribution in [0, 0.1) is 17.0 Å². The van der Waals surface area contributed by atoms with Crippen LogP contribution in [0.15, 0.2) is 53.5 Å². The highest BCUT2D eigenvalue weighted by Gasteiger charge is 2.17. The van der Waals surface area contributed by atoms with Crippen molar-refractivity contribution in [2.75, 3.05) is 0 Å². The lowest BCUT2D eigenvalue weighted by Crippen LogP contribution is -2.22. The molecule has 0 aliphatic carbocycles. The van der Waals surface area contributed by atoms with Crippen LogP contribution in [0.2, 0.25) is 0 Å². The Labute approximate surface area is 116 Å². The molecule has 2 aromatic rings. The number of rotatable bonds is 4. The van der Waals surface area contributed by atoms with Crippen molar-refractivity contribution < 1.29 is 4.92 Å². The van der Waals surface area contributed by atoms with Gasteiger partial charge in [0.15, 0.2) is 0 Å². The topological polar surface area (TPSA) is 65.1 Å². The maximum Gasteiger partial charge on any atom is 0.336 e. The molecule has 0 saturated heterocycles. The summed E-state index contributed by atoms with van der Waals surface area (Å²) in [5.74, 6) is 0. The first-order chi connectivity index (χ1) is 9.59. The highest BCUT2D eigenvalue weighted by Crippen LogP contribution is 2.10. The van der Waals surface area contributed by atoms with E-state index >= 15 is 0 Å². The maximum absolute atomic E-state index is 12.0. The lowest BCUT2D eigenvalue weighted by atomic mass is 10.2. The second-order valence-corrected chi connectivity index (χ2v) is 4.38. The molecule has 1 aromatic carbocycles. The van der Waals surface area contributed by atoms with E-state index in [1.165, 1.54) is 4.57 Å². The minimum absolute atomic E-state index is 0.300. The lowest BCUT2D eigenvalue weighted by Gasteiger charge is -2.03. The van der Waals surface area contributed by atoms with Gasteiger partial charge in [0.1, 0.15) is 0 Å². The molecule has 5 nitrogen and oxygen atoms in total. The predicted octanol–water partition coefficient (Wildman–Crippen LogP) is 2.78. The first kappa shape index (κ1) is 13.7. The minimum Gasteiger partial charge on any atom is -0.306 e. The Morgan fingerprint density at radius 2 is 1.95 bits per heavy atom. The zero-order valence-corrected chi connectivity index (χ0v) is 11.0. The summed E-state index contributed by atoms with van der Waals surface area (Å²) < 4.78 is 1.32. The van der Waals surface area contributed by atoms with E-state index in [9.17, 15) is 14.9 Å². The molecule has 1 aromatic heterocycles. The molecule has 102 valence electrons. The van der Waals surface area contributed by atoms with Gasteiger partial charge in [-0.2, -0.15) is 0 Å². The van der Waals surface area contributed by atoms with Crippen LogP contribution in [-0.4, -0.2) is 9.49 Å². The van der Waals surface area contributed by atoms with Crippen molar-refractivity contribution in [3.63, 3.8) is 0 Å². The highest BCUT2D eigenvalue weighted by atomic mass is 16.6. The smallest absolute Gasteiger partial charge is 0.306 e. The highest BCUT2D eigenvalue weighted by molar-refractivity contribution is 5.48. The molecule has 0 fully saturated rings. The zero-order valence-electron chi connectivity index (χ0n) is 11.0. The second kappa shape index (κ2) is 5.97. The predicted molar refractivity (Wildman–Crippen MR) is 77.6 cm³/mol. The largest absolute Gasteiger partial charge is 0.336 e. The van der Waals surface area contributed by atoms with Gasteiger partial charge in [0, 0.05) is 18.3 Å². The molecule has 5 heteroatoms. The van der Waals surface area contributed by atoms with Gasteiger partial charge in [0.2, 0.25) is 0 Å². The fourth-order valence-electron chi connectivity index (χ4n) is 1.89. The van der Waals surface area contributed by atoms with Crippen LogP contribution in [0.1, 0.15) is 11.1 Å². The number of hydrogen-bond donors (Lipinski definition) is 0. The summed E-state index contributed by atoms with van der Waals surface area (Å²) in [4.78, 5) is 22.2. The van der Waals surface area contributed by atoms with Crippen molar-refractivity contribution in [3.8, 4) is 0 Å². The molecule has 0 unspecified atom stereocenters. The molecule has 0 bridgehead atoms. The van der Waals surface area contributed by atoms with Gasteiger partial charge in [-0.25, -0.2) is 0 Å². The number of allylic oxidation sites excluding steroid dienone is 1. The summed E-state index contributed by atoms with van der Waals surface area (Å²) in [7, 11) is 0. The Morgan fingerprint density at radius 1 is 1.25 bits per heavy atom. The molecule has 0 atom stereocenters. The normalized spacial score (nSPS) is 10.8. The summed E-state index contributed by atoms with van der Waals surface area (Å²) in [5.41, 5.74) is 0.457. The van der Waals surface area contributed by atoms with Crippen LogP contribution in [0.5, 0.6) is 0 Å². The van der Waals surface area contributed by atoms with Crippen molar-refractivity contribution >= 4 is 11.8 Å². The SMILES string of the molecule is Cc1ccn(CC=Cc2ccccc2)c(=O)c1[N+](=O)[O-]. The standard InChI is InChI=1S/C15H14N2O3/c1-12-9-11-16(15(18)14(12)17(19)20)10-5-8-13-6-3-2-4-7-13/h2-9,11H,10H2,1H3. The number of aryl methyl sites for hydroxylation is 1. The Morgan fingerprint density at radius 3 is 2.60 bits per heavy atom.